The number of aryl methyl sites for hydroxylation is 2. The standard InChI is InChI=1S/C25H27BrN8O2/c1-31-22-15-33(14-19(22)12-28-31)25(36)18-9-17-11-21(29-24(17)20(26)10-18)16-3-2-6-32(13-16)23(35)4-7-34-8-5-27-30-34/h5,8-12,16,29H,2-4,6-7,13-15H2,1H3/t16-/m0/s1. The first-order valence-corrected chi connectivity index (χ1v) is 13.0. The summed E-state index contributed by atoms with van der Waals surface area (Å²) in [6.07, 6.45) is 7.63. The van der Waals surface area contributed by atoms with E-state index < -0.39 is 0 Å². The molecule has 5 heterocycles. The summed E-state index contributed by atoms with van der Waals surface area (Å²) in [7, 11) is 1.91. The predicted molar refractivity (Wildman–Crippen MR) is 136 cm³/mol. The average molecular weight is 551 g/mol. The summed E-state index contributed by atoms with van der Waals surface area (Å²) in [6.45, 7) is 3.16. The predicted octanol–water partition coefficient (Wildman–Crippen LogP) is 3.21. The minimum absolute atomic E-state index is 0.0124. The van der Waals surface area contributed by atoms with Gasteiger partial charge in [-0.15, -0.1) is 5.10 Å². The van der Waals surface area contributed by atoms with Crippen molar-refractivity contribution in [2.24, 2.45) is 7.05 Å². The fourth-order valence-corrected chi connectivity index (χ4v) is 5.93. The van der Waals surface area contributed by atoms with E-state index in [1.54, 1.807) is 17.1 Å². The molecule has 36 heavy (non-hydrogen) atoms. The van der Waals surface area contributed by atoms with Crippen molar-refractivity contribution < 1.29 is 9.59 Å². The van der Waals surface area contributed by atoms with E-state index in [1.165, 1.54) is 0 Å². The molecule has 6 rings (SSSR count). The van der Waals surface area contributed by atoms with Crippen LogP contribution in [0, 0.1) is 0 Å². The Morgan fingerprint density at radius 1 is 1.19 bits per heavy atom. The van der Waals surface area contributed by atoms with Crippen molar-refractivity contribution in [1.29, 1.82) is 0 Å². The molecule has 1 aromatic carbocycles. The first-order chi connectivity index (χ1) is 17.5. The molecular weight excluding hydrogens is 524 g/mol. The van der Waals surface area contributed by atoms with Crippen LogP contribution in [0.4, 0.5) is 0 Å². The number of amides is 2. The van der Waals surface area contributed by atoms with E-state index in [2.05, 4.69) is 42.4 Å². The zero-order valence-corrected chi connectivity index (χ0v) is 21.6. The molecule has 4 aromatic rings. The molecule has 2 aliphatic rings. The number of likely N-dealkylation sites (tertiary alicyclic amines) is 1. The highest BCUT2D eigenvalue weighted by molar-refractivity contribution is 9.10. The number of nitrogens with one attached hydrogen (secondary N) is 1. The van der Waals surface area contributed by atoms with Gasteiger partial charge in [0.05, 0.1) is 36.7 Å². The van der Waals surface area contributed by atoms with Crippen molar-refractivity contribution >= 4 is 38.6 Å². The molecule has 0 saturated carbocycles. The monoisotopic (exact) mass is 550 g/mol. The number of hydrogen-bond acceptors (Lipinski definition) is 5. The van der Waals surface area contributed by atoms with E-state index in [0.29, 0.717) is 38.2 Å². The molecule has 0 aliphatic carbocycles. The third-order valence-electron chi connectivity index (χ3n) is 7.33. The lowest BCUT2D eigenvalue weighted by atomic mass is 9.94. The SMILES string of the molecule is Cn1ncc2c1CN(C(=O)c1cc(Br)c3[nH]c([C@H]4CCCN(C(=O)CCn5ccnn5)C4)cc3c1)C2. The zero-order chi connectivity index (χ0) is 24.8. The zero-order valence-electron chi connectivity index (χ0n) is 20.0. The number of halogens is 1. The second-order valence-corrected chi connectivity index (χ2v) is 10.5. The molecule has 2 aliphatic heterocycles. The van der Waals surface area contributed by atoms with Crippen molar-refractivity contribution in [2.75, 3.05) is 13.1 Å². The fraction of sp³-hybridized carbons (Fsp3) is 0.400. The van der Waals surface area contributed by atoms with Gasteiger partial charge in [0.2, 0.25) is 5.91 Å². The van der Waals surface area contributed by atoms with Crippen LogP contribution in [-0.4, -0.2) is 64.5 Å². The Hall–Kier alpha value is -3.47. The molecule has 1 N–H and O–H groups in total. The molecule has 11 heteroatoms. The van der Waals surface area contributed by atoms with E-state index in [-0.39, 0.29) is 17.7 Å². The molecule has 186 valence electrons. The minimum Gasteiger partial charge on any atom is -0.357 e. The van der Waals surface area contributed by atoms with Crippen LogP contribution in [0.5, 0.6) is 0 Å². The Balaban J connectivity index is 1.17. The van der Waals surface area contributed by atoms with Crippen LogP contribution in [0.1, 0.15) is 52.5 Å². The van der Waals surface area contributed by atoms with Gasteiger partial charge in [0, 0.05) is 71.9 Å². The number of hydrogen-bond donors (Lipinski definition) is 1. The van der Waals surface area contributed by atoms with Crippen LogP contribution in [0.2, 0.25) is 0 Å². The number of carbonyl (C=O) groups excluding carboxylic acids is 2. The Morgan fingerprint density at radius 2 is 2.08 bits per heavy atom. The summed E-state index contributed by atoms with van der Waals surface area (Å²) in [5.74, 6) is 0.383. The summed E-state index contributed by atoms with van der Waals surface area (Å²) >= 11 is 3.67. The van der Waals surface area contributed by atoms with Gasteiger partial charge in [0.1, 0.15) is 0 Å². The summed E-state index contributed by atoms with van der Waals surface area (Å²) in [5.41, 5.74) is 4.93. The number of benzene rings is 1. The van der Waals surface area contributed by atoms with Crippen molar-refractivity contribution in [3.8, 4) is 0 Å². The van der Waals surface area contributed by atoms with E-state index in [1.807, 2.05) is 39.9 Å². The molecule has 0 bridgehead atoms. The number of aromatic amines is 1. The second kappa shape index (κ2) is 9.20. The first-order valence-electron chi connectivity index (χ1n) is 12.2. The van der Waals surface area contributed by atoms with Crippen LogP contribution < -0.4 is 0 Å². The van der Waals surface area contributed by atoms with Crippen LogP contribution in [0.3, 0.4) is 0 Å². The van der Waals surface area contributed by atoms with E-state index in [9.17, 15) is 9.59 Å². The molecule has 10 nitrogen and oxygen atoms in total. The summed E-state index contributed by atoms with van der Waals surface area (Å²) < 4.78 is 4.39. The van der Waals surface area contributed by atoms with Crippen molar-refractivity contribution in [3.63, 3.8) is 0 Å². The van der Waals surface area contributed by atoms with Gasteiger partial charge >= 0.3 is 0 Å². The normalized spacial score (nSPS) is 17.7. The number of aromatic nitrogens is 6. The highest BCUT2D eigenvalue weighted by atomic mass is 79.9. The van der Waals surface area contributed by atoms with E-state index in [0.717, 1.165) is 51.7 Å². The van der Waals surface area contributed by atoms with Crippen LogP contribution >= 0.6 is 15.9 Å². The second-order valence-electron chi connectivity index (χ2n) is 9.64. The third-order valence-corrected chi connectivity index (χ3v) is 7.95. The van der Waals surface area contributed by atoms with Gasteiger partial charge in [-0.1, -0.05) is 5.21 Å². The highest BCUT2D eigenvalue weighted by Crippen LogP contribution is 2.33. The highest BCUT2D eigenvalue weighted by Gasteiger charge is 2.29. The van der Waals surface area contributed by atoms with Gasteiger partial charge in [-0.2, -0.15) is 5.10 Å². The molecule has 1 atom stereocenters. The number of fused-ring (bicyclic) bond motifs is 2. The third kappa shape index (κ3) is 4.21. The molecule has 0 unspecified atom stereocenters. The average Bonchev–Trinajstić information content (AvgIpc) is 3.68. The van der Waals surface area contributed by atoms with Gasteiger partial charge in [0.15, 0.2) is 0 Å². The van der Waals surface area contributed by atoms with Gasteiger partial charge in [-0.3, -0.25) is 19.0 Å². The molecular formula is C25H27BrN8O2. The van der Waals surface area contributed by atoms with Crippen LogP contribution in [-0.2, 0) is 31.5 Å². The van der Waals surface area contributed by atoms with Gasteiger partial charge in [-0.05, 0) is 47.0 Å². The fourth-order valence-electron chi connectivity index (χ4n) is 5.36. The van der Waals surface area contributed by atoms with Crippen molar-refractivity contribution in [2.45, 2.75) is 44.8 Å². The molecule has 1 fully saturated rings. The minimum atomic E-state index is 0.0124. The lowest BCUT2D eigenvalue weighted by molar-refractivity contribution is -0.132. The molecule has 2 amide bonds. The van der Waals surface area contributed by atoms with Gasteiger partial charge < -0.3 is 14.8 Å². The molecule has 3 aromatic heterocycles. The number of rotatable bonds is 5. The maximum Gasteiger partial charge on any atom is 0.254 e. The smallest absolute Gasteiger partial charge is 0.254 e. The van der Waals surface area contributed by atoms with E-state index >= 15 is 0 Å². The maximum absolute atomic E-state index is 13.3. The van der Waals surface area contributed by atoms with Crippen LogP contribution in [0.15, 0.2) is 41.3 Å². The quantitative estimate of drug-likeness (QED) is 0.410. The summed E-state index contributed by atoms with van der Waals surface area (Å²) in [5, 5.41) is 13.0. The lowest BCUT2D eigenvalue weighted by Gasteiger charge is -2.32. The summed E-state index contributed by atoms with van der Waals surface area (Å²) in [4.78, 5) is 33.5. The van der Waals surface area contributed by atoms with E-state index in [4.69, 9.17) is 0 Å². The van der Waals surface area contributed by atoms with Gasteiger partial charge in [0.25, 0.3) is 5.91 Å². The largest absolute Gasteiger partial charge is 0.357 e. The van der Waals surface area contributed by atoms with Crippen molar-refractivity contribution in [3.05, 3.63) is 63.8 Å². The van der Waals surface area contributed by atoms with Crippen molar-refractivity contribution in [1.82, 2.24) is 39.6 Å². The Morgan fingerprint density at radius 3 is 2.89 bits per heavy atom. The van der Waals surface area contributed by atoms with Crippen LogP contribution in [0.25, 0.3) is 10.9 Å². The van der Waals surface area contributed by atoms with Gasteiger partial charge in [-0.25, -0.2) is 0 Å². The Kier molecular flexibility index (Phi) is 5.87. The Labute approximate surface area is 216 Å². The number of piperidine rings is 1. The first kappa shape index (κ1) is 23.0. The summed E-state index contributed by atoms with van der Waals surface area (Å²) in [6, 6.07) is 5.99. The molecule has 0 spiro atoms. The topological polar surface area (TPSA) is 105 Å². The maximum atomic E-state index is 13.3. The Bertz CT molecular complexity index is 1440. The molecule has 0 radical (unpaired) electrons. The molecule has 1 saturated heterocycles. The number of carbonyl (C=O) groups is 2. The number of H-pyrrole nitrogens is 1. The number of nitrogens with zero attached hydrogens (tertiary/aromatic N) is 7. The lowest BCUT2D eigenvalue weighted by Crippen LogP contribution is -2.39.